The van der Waals surface area contributed by atoms with E-state index in [0.717, 1.165) is 16.6 Å². The van der Waals surface area contributed by atoms with Gasteiger partial charge in [0.25, 0.3) is 0 Å². The van der Waals surface area contributed by atoms with E-state index >= 15 is 0 Å². The number of fused-ring (bicyclic) bond motifs is 1. The van der Waals surface area contributed by atoms with E-state index < -0.39 is 10.0 Å². The lowest BCUT2D eigenvalue weighted by Crippen LogP contribution is -2.43. The van der Waals surface area contributed by atoms with Crippen LogP contribution in [0.25, 0.3) is 11.0 Å². The standard InChI is InChI=1S/C18H20N4O3S/c1-14-6-8-16(9-7-14)26(23,24)21-12-10-15(11-13-21)25-22-18-5-3-2-4-17(18)19-20-22/h2-9,15H,10-13H2,1H3. The number of aryl methyl sites for hydroxylation is 1. The van der Waals surface area contributed by atoms with E-state index in [9.17, 15) is 8.42 Å². The van der Waals surface area contributed by atoms with E-state index in [2.05, 4.69) is 10.3 Å². The predicted molar refractivity (Wildman–Crippen MR) is 97.1 cm³/mol. The second-order valence-corrected chi connectivity index (χ2v) is 8.41. The van der Waals surface area contributed by atoms with E-state index in [1.54, 1.807) is 12.1 Å². The maximum atomic E-state index is 12.8. The molecule has 0 aliphatic carbocycles. The fourth-order valence-corrected chi connectivity index (χ4v) is 4.57. The molecule has 1 aliphatic heterocycles. The first kappa shape index (κ1) is 17.0. The minimum atomic E-state index is -3.46. The van der Waals surface area contributed by atoms with Gasteiger partial charge < -0.3 is 4.84 Å². The van der Waals surface area contributed by atoms with E-state index in [1.165, 1.54) is 9.15 Å². The third-order valence-electron chi connectivity index (χ3n) is 4.63. The van der Waals surface area contributed by atoms with Gasteiger partial charge in [-0.2, -0.15) is 4.31 Å². The van der Waals surface area contributed by atoms with Gasteiger partial charge in [-0.3, -0.25) is 0 Å². The van der Waals surface area contributed by atoms with Crippen molar-refractivity contribution in [1.82, 2.24) is 19.5 Å². The topological polar surface area (TPSA) is 77.3 Å². The summed E-state index contributed by atoms with van der Waals surface area (Å²) in [6.07, 6.45) is 1.13. The first-order valence-electron chi connectivity index (χ1n) is 8.58. The van der Waals surface area contributed by atoms with Crippen LogP contribution in [0.5, 0.6) is 0 Å². The predicted octanol–water partition coefficient (Wildman–Crippen LogP) is 2.02. The van der Waals surface area contributed by atoms with Crippen LogP contribution in [0.15, 0.2) is 53.4 Å². The van der Waals surface area contributed by atoms with Crippen LogP contribution in [-0.2, 0) is 10.0 Å². The fraction of sp³-hybridized carbons (Fsp3) is 0.333. The molecular weight excluding hydrogens is 352 g/mol. The summed E-state index contributed by atoms with van der Waals surface area (Å²) in [6.45, 7) is 2.79. The monoisotopic (exact) mass is 372 g/mol. The number of rotatable bonds is 4. The third-order valence-corrected chi connectivity index (χ3v) is 6.54. The highest BCUT2D eigenvalue weighted by Gasteiger charge is 2.30. The lowest BCUT2D eigenvalue weighted by Gasteiger charge is -2.30. The zero-order chi connectivity index (χ0) is 18.1. The molecule has 0 atom stereocenters. The number of aromatic nitrogens is 3. The van der Waals surface area contributed by atoms with E-state index in [4.69, 9.17) is 4.84 Å². The van der Waals surface area contributed by atoms with Gasteiger partial charge in [0.1, 0.15) is 17.1 Å². The summed E-state index contributed by atoms with van der Waals surface area (Å²) in [4.78, 5) is 7.68. The number of benzene rings is 2. The SMILES string of the molecule is Cc1ccc(S(=O)(=O)N2CCC(On3nnc4ccccc43)CC2)cc1. The quantitative estimate of drug-likeness (QED) is 0.700. The molecule has 0 bridgehead atoms. The Morgan fingerprint density at radius 2 is 1.73 bits per heavy atom. The summed E-state index contributed by atoms with van der Waals surface area (Å²) in [5, 5.41) is 8.09. The smallest absolute Gasteiger partial charge is 0.243 e. The van der Waals surface area contributed by atoms with Crippen LogP contribution in [-0.4, -0.2) is 47.1 Å². The van der Waals surface area contributed by atoms with Crippen LogP contribution >= 0.6 is 0 Å². The average molecular weight is 372 g/mol. The molecule has 1 aromatic heterocycles. The number of para-hydroxylation sites is 1. The van der Waals surface area contributed by atoms with Crippen LogP contribution in [0.1, 0.15) is 18.4 Å². The first-order chi connectivity index (χ1) is 12.5. The highest BCUT2D eigenvalue weighted by molar-refractivity contribution is 7.89. The maximum absolute atomic E-state index is 12.8. The Balaban J connectivity index is 1.43. The van der Waals surface area contributed by atoms with Crippen molar-refractivity contribution in [2.45, 2.75) is 30.8 Å². The fourth-order valence-electron chi connectivity index (χ4n) is 3.10. The number of sulfonamides is 1. The molecule has 0 amide bonds. The largest absolute Gasteiger partial charge is 0.392 e. The Bertz CT molecular complexity index is 1010. The van der Waals surface area contributed by atoms with Gasteiger partial charge in [-0.15, -0.1) is 5.10 Å². The molecule has 3 aromatic rings. The molecule has 0 radical (unpaired) electrons. The average Bonchev–Trinajstić information content (AvgIpc) is 3.06. The molecule has 26 heavy (non-hydrogen) atoms. The molecule has 136 valence electrons. The normalized spacial score (nSPS) is 16.8. The van der Waals surface area contributed by atoms with Crippen LogP contribution < -0.4 is 4.84 Å². The number of piperidine rings is 1. The minimum absolute atomic E-state index is 0.0930. The molecule has 1 aliphatic rings. The van der Waals surface area contributed by atoms with Gasteiger partial charge in [-0.25, -0.2) is 8.42 Å². The van der Waals surface area contributed by atoms with Crippen LogP contribution in [0.3, 0.4) is 0 Å². The molecule has 0 N–H and O–H groups in total. The molecule has 2 aromatic carbocycles. The van der Waals surface area contributed by atoms with E-state index in [-0.39, 0.29) is 6.10 Å². The summed E-state index contributed by atoms with van der Waals surface area (Å²) in [6, 6.07) is 14.5. The molecule has 1 saturated heterocycles. The number of hydrogen-bond donors (Lipinski definition) is 0. The van der Waals surface area contributed by atoms with Crippen molar-refractivity contribution in [3.05, 3.63) is 54.1 Å². The van der Waals surface area contributed by atoms with Crippen LogP contribution in [0.4, 0.5) is 0 Å². The number of hydrogen-bond acceptors (Lipinski definition) is 5. The van der Waals surface area contributed by atoms with Gasteiger partial charge in [0.2, 0.25) is 10.0 Å². The first-order valence-corrected chi connectivity index (χ1v) is 10.0. The summed E-state index contributed by atoms with van der Waals surface area (Å²) < 4.78 is 27.0. The molecule has 7 nitrogen and oxygen atoms in total. The van der Waals surface area contributed by atoms with Gasteiger partial charge in [0.15, 0.2) is 0 Å². The van der Waals surface area contributed by atoms with Crippen molar-refractivity contribution in [2.75, 3.05) is 13.1 Å². The van der Waals surface area contributed by atoms with Gasteiger partial charge in [-0.05, 0) is 36.4 Å². The van der Waals surface area contributed by atoms with Crippen molar-refractivity contribution >= 4 is 21.1 Å². The molecule has 0 unspecified atom stereocenters. The number of nitrogens with zero attached hydrogens (tertiary/aromatic N) is 4. The second-order valence-electron chi connectivity index (χ2n) is 6.47. The summed E-state index contributed by atoms with van der Waals surface area (Å²) in [5.74, 6) is 0. The maximum Gasteiger partial charge on any atom is 0.243 e. The zero-order valence-corrected chi connectivity index (χ0v) is 15.3. The van der Waals surface area contributed by atoms with Crippen molar-refractivity contribution in [3.8, 4) is 0 Å². The Kier molecular flexibility index (Phi) is 4.37. The lowest BCUT2D eigenvalue weighted by molar-refractivity contribution is -0.00559. The third kappa shape index (κ3) is 3.17. The van der Waals surface area contributed by atoms with Gasteiger partial charge in [0.05, 0.1) is 4.90 Å². The van der Waals surface area contributed by atoms with E-state index in [1.807, 2.05) is 43.3 Å². The lowest BCUT2D eigenvalue weighted by atomic mass is 10.1. The second kappa shape index (κ2) is 6.69. The van der Waals surface area contributed by atoms with Crippen LogP contribution in [0.2, 0.25) is 0 Å². The van der Waals surface area contributed by atoms with Crippen molar-refractivity contribution in [1.29, 1.82) is 0 Å². The molecule has 2 heterocycles. The molecule has 1 fully saturated rings. The molecule has 4 rings (SSSR count). The van der Waals surface area contributed by atoms with Gasteiger partial charge >= 0.3 is 0 Å². The summed E-state index contributed by atoms with van der Waals surface area (Å²) in [7, 11) is -3.46. The van der Waals surface area contributed by atoms with Crippen LogP contribution in [0, 0.1) is 6.92 Å². The Hall–Kier alpha value is -2.45. The Morgan fingerprint density at radius 1 is 1.04 bits per heavy atom. The Labute approximate surface area is 152 Å². The Morgan fingerprint density at radius 3 is 2.46 bits per heavy atom. The molecule has 8 heteroatoms. The van der Waals surface area contributed by atoms with Crippen molar-refractivity contribution < 1.29 is 13.3 Å². The minimum Gasteiger partial charge on any atom is -0.392 e. The highest BCUT2D eigenvalue weighted by atomic mass is 32.2. The van der Waals surface area contributed by atoms with Gasteiger partial charge in [-0.1, -0.05) is 34.7 Å². The van der Waals surface area contributed by atoms with Crippen molar-refractivity contribution in [3.63, 3.8) is 0 Å². The zero-order valence-electron chi connectivity index (χ0n) is 14.4. The molecular formula is C18H20N4O3S. The molecule has 0 saturated carbocycles. The van der Waals surface area contributed by atoms with E-state index in [0.29, 0.717) is 30.8 Å². The molecule has 0 spiro atoms. The highest BCUT2D eigenvalue weighted by Crippen LogP contribution is 2.22. The summed E-state index contributed by atoms with van der Waals surface area (Å²) in [5.41, 5.74) is 2.62. The summed E-state index contributed by atoms with van der Waals surface area (Å²) >= 11 is 0. The van der Waals surface area contributed by atoms with Gasteiger partial charge in [0, 0.05) is 25.9 Å². The van der Waals surface area contributed by atoms with Crippen molar-refractivity contribution in [2.24, 2.45) is 0 Å².